The molecule has 5 nitrogen and oxygen atoms in total. The van der Waals surface area contributed by atoms with E-state index in [1.807, 2.05) is 13.8 Å². The molecule has 0 saturated carbocycles. The lowest BCUT2D eigenvalue weighted by atomic mass is 10.1. The van der Waals surface area contributed by atoms with E-state index < -0.39 is 6.10 Å². The largest absolute Gasteiger partial charge is 0.494 e. The third-order valence-electron chi connectivity index (χ3n) is 2.11. The minimum absolute atomic E-state index is 0.169. The number of carbonyl (C=O) groups excluding carboxylic acids is 1. The van der Waals surface area contributed by atoms with Crippen molar-refractivity contribution in [2.45, 2.75) is 26.4 Å². The van der Waals surface area contributed by atoms with Crippen molar-refractivity contribution in [3.63, 3.8) is 0 Å². The molecule has 1 amide bonds. The maximum atomic E-state index is 11.5. The minimum Gasteiger partial charge on any atom is -0.494 e. The summed E-state index contributed by atoms with van der Waals surface area (Å²) >= 11 is 0. The number of aliphatic hydroxyl groups excluding tert-OH is 1. The highest BCUT2D eigenvalue weighted by Crippen LogP contribution is 2.06. The maximum Gasteiger partial charge on any atom is 0.289 e. The van der Waals surface area contributed by atoms with E-state index in [1.165, 1.54) is 6.26 Å². The fraction of sp³-hybridized carbons (Fsp3) is 0.727. The molecule has 0 spiro atoms. The maximum absolute atomic E-state index is 11.5. The molecule has 5 heteroatoms. The quantitative estimate of drug-likeness (QED) is 0.716. The van der Waals surface area contributed by atoms with Crippen molar-refractivity contribution in [3.8, 4) is 0 Å². The number of ether oxygens (including phenoxy) is 2. The van der Waals surface area contributed by atoms with Gasteiger partial charge >= 0.3 is 0 Å². The van der Waals surface area contributed by atoms with E-state index in [2.05, 4.69) is 5.32 Å². The molecule has 1 aliphatic rings. The average Bonchev–Trinajstić information content (AvgIpc) is 2.26. The number of rotatable bonds is 5. The van der Waals surface area contributed by atoms with E-state index in [9.17, 15) is 9.90 Å². The number of nitrogens with one attached hydrogen (secondary N) is 1. The van der Waals surface area contributed by atoms with Crippen LogP contribution < -0.4 is 5.32 Å². The molecule has 0 bridgehead atoms. The molecule has 1 aliphatic heterocycles. The Balaban J connectivity index is 2.26. The summed E-state index contributed by atoms with van der Waals surface area (Å²) in [6.45, 7) is 5.12. The molecule has 0 aromatic rings. The van der Waals surface area contributed by atoms with Crippen molar-refractivity contribution in [2.75, 3.05) is 19.8 Å². The number of aliphatic hydroxyl groups is 1. The Hall–Kier alpha value is -1.23. The molecule has 0 aromatic heterocycles. The van der Waals surface area contributed by atoms with Crippen molar-refractivity contribution in [2.24, 2.45) is 5.92 Å². The molecule has 1 heterocycles. The molecule has 0 aliphatic carbocycles. The molecule has 0 aromatic carbocycles. The summed E-state index contributed by atoms with van der Waals surface area (Å²) in [5.41, 5.74) is 0. The number of hydrogen-bond donors (Lipinski definition) is 2. The van der Waals surface area contributed by atoms with Crippen LogP contribution in [-0.2, 0) is 14.3 Å². The summed E-state index contributed by atoms with van der Waals surface area (Å²) < 4.78 is 10.1. The second-order valence-corrected chi connectivity index (χ2v) is 4.19. The first-order chi connectivity index (χ1) is 7.59. The zero-order valence-electron chi connectivity index (χ0n) is 9.73. The summed E-state index contributed by atoms with van der Waals surface area (Å²) in [6.07, 6.45) is 1.44. The highest BCUT2D eigenvalue weighted by atomic mass is 16.6. The van der Waals surface area contributed by atoms with Gasteiger partial charge in [0.05, 0.1) is 6.10 Å². The van der Waals surface area contributed by atoms with Gasteiger partial charge in [0.1, 0.15) is 19.5 Å². The van der Waals surface area contributed by atoms with Crippen molar-refractivity contribution in [1.29, 1.82) is 0 Å². The molecule has 92 valence electrons. The summed E-state index contributed by atoms with van der Waals surface area (Å²) in [7, 11) is 0. The zero-order chi connectivity index (χ0) is 12.0. The SMILES string of the molecule is CC(C)CC(O)CNC(=O)C1=COCCO1. The summed E-state index contributed by atoms with van der Waals surface area (Å²) in [6, 6.07) is 0. The predicted octanol–water partition coefficient (Wildman–Crippen LogP) is 0.398. The Labute approximate surface area is 95.4 Å². The molecular formula is C11H19NO4. The predicted molar refractivity (Wildman–Crippen MR) is 58.5 cm³/mol. The van der Waals surface area contributed by atoms with Gasteiger partial charge in [0.2, 0.25) is 5.76 Å². The minimum atomic E-state index is -0.519. The number of hydrogen-bond acceptors (Lipinski definition) is 4. The summed E-state index contributed by atoms with van der Waals surface area (Å²) in [4.78, 5) is 11.5. The van der Waals surface area contributed by atoms with Crippen molar-refractivity contribution < 1.29 is 19.4 Å². The highest BCUT2D eigenvalue weighted by molar-refractivity contribution is 5.91. The van der Waals surface area contributed by atoms with E-state index in [4.69, 9.17) is 9.47 Å². The van der Waals surface area contributed by atoms with E-state index in [0.717, 1.165) is 0 Å². The van der Waals surface area contributed by atoms with E-state index in [0.29, 0.717) is 25.6 Å². The van der Waals surface area contributed by atoms with Crippen LogP contribution in [0.15, 0.2) is 12.0 Å². The van der Waals surface area contributed by atoms with Crippen molar-refractivity contribution >= 4 is 5.91 Å². The van der Waals surface area contributed by atoms with Gasteiger partial charge in [-0.25, -0.2) is 0 Å². The zero-order valence-corrected chi connectivity index (χ0v) is 9.73. The normalized spacial score (nSPS) is 17.1. The summed E-state index contributed by atoms with van der Waals surface area (Å²) in [5, 5.41) is 12.2. The van der Waals surface area contributed by atoms with Gasteiger partial charge in [-0.15, -0.1) is 0 Å². The highest BCUT2D eigenvalue weighted by Gasteiger charge is 2.16. The van der Waals surface area contributed by atoms with Crippen molar-refractivity contribution in [3.05, 3.63) is 12.0 Å². The third-order valence-corrected chi connectivity index (χ3v) is 2.11. The lowest BCUT2D eigenvalue weighted by Gasteiger charge is -2.17. The summed E-state index contributed by atoms with van der Waals surface area (Å²) in [5.74, 6) is 0.228. The standard InChI is InChI=1S/C11H19NO4/c1-8(2)5-9(13)6-12-11(14)10-7-15-3-4-16-10/h7-9,13H,3-6H2,1-2H3,(H,12,14). The molecule has 1 unspecified atom stereocenters. The molecule has 0 radical (unpaired) electrons. The second kappa shape index (κ2) is 6.37. The van der Waals surface area contributed by atoms with E-state index in [-0.39, 0.29) is 18.2 Å². The lowest BCUT2D eigenvalue weighted by molar-refractivity contribution is -0.122. The van der Waals surface area contributed by atoms with Crippen LogP contribution in [0.25, 0.3) is 0 Å². The lowest BCUT2D eigenvalue weighted by Crippen LogP contribution is -2.35. The smallest absolute Gasteiger partial charge is 0.289 e. The van der Waals surface area contributed by atoms with Crippen LogP contribution >= 0.6 is 0 Å². The van der Waals surface area contributed by atoms with E-state index in [1.54, 1.807) is 0 Å². The Bertz CT molecular complexity index is 263. The second-order valence-electron chi connectivity index (χ2n) is 4.19. The third kappa shape index (κ3) is 4.53. The van der Waals surface area contributed by atoms with Gasteiger partial charge in [-0.3, -0.25) is 4.79 Å². The van der Waals surface area contributed by atoms with Crippen LogP contribution in [-0.4, -0.2) is 36.9 Å². The van der Waals surface area contributed by atoms with Gasteiger partial charge in [-0.05, 0) is 12.3 Å². The first-order valence-electron chi connectivity index (χ1n) is 5.50. The van der Waals surface area contributed by atoms with Gasteiger partial charge in [0, 0.05) is 6.54 Å². The fourth-order valence-corrected chi connectivity index (χ4v) is 1.41. The Kier molecular flexibility index (Phi) is 5.11. The molecule has 16 heavy (non-hydrogen) atoms. The van der Waals surface area contributed by atoms with Crippen LogP contribution in [0.4, 0.5) is 0 Å². The molecule has 0 fully saturated rings. The monoisotopic (exact) mass is 229 g/mol. The molecular weight excluding hydrogens is 210 g/mol. The Morgan fingerprint density at radius 3 is 2.88 bits per heavy atom. The molecule has 2 N–H and O–H groups in total. The topological polar surface area (TPSA) is 67.8 Å². The number of carbonyl (C=O) groups is 1. The molecule has 1 rings (SSSR count). The van der Waals surface area contributed by atoms with Gasteiger partial charge in [-0.2, -0.15) is 0 Å². The van der Waals surface area contributed by atoms with Crippen LogP contribution in [0.1, 0.15) is 20.3 Å². The van der Waals surface area contributed by atoms with Crippen LogP contribution in [0.3, 0.4) is 0 Å². The van der Waals surface area contributed by atoms with Gasteiger partial charge < -0.3 is 19.9 Å². The first kappa shape index (κ1) is 12.8. The molecule has 0 saturated heterocycles. The van der Waals surface area contributed by atoms with Crippen molar-refractivity contribution in [1.82, 2.24) is 5.32 Å². The van der Waals surface area contributed by atoms with Gasteiger partial charge in [0.15, 0.2) is 0 Å². The first-order valence-corrected chi connectivity index (χ1v) is 5.50. The van der Waals surface area contributed by atoms with Gasteiger partial charge in [-0.1, -0.05) is 13.8 Å². The average molecular weight is 229 g/mol. The fourth-order valence-electron chi connectivity index (χ4n) is 1.41. The Morgan fingerprint density at radius 2 is 2.31 bits per heavy atom. The number of amides is 1. The van der Waals surface area contributed by atoms with Crippen LogP contribution in [0, 0.1) is 5.92 Å². The van der Waals surface area contributed by atoms with Crippen LogP contribution in [0.5, 0.6) is 0 Å². The Morgan fingerprint density at radius 1 is 1.56 bits per heavy atom. The van der Waals surface area contributed by atoms with Gasteiger partial charge in [0.25, 0.3) is 5.91 Å². The van der Waals surface area contributed by atoms with E-state index >= 15 is 0 Å². The van der Waals surface area contributed by atoms with Crippen LogP contribution in [0.2, 0.25) is 0 Å². The molecule has 1 atom stereocenters.